The lowest BCUT2D eigenvalue weighted by atomic mass is 10.1. The van der Waals surface area contributed by atoms with Crippen LogP contribution in [0.25, 0.3) is 11.3 Å². The van der Waals surface area contributed by atoms with Crippen LogP contribution in [0.5, 0.6) is 0 Å². The molecule has 0 spiro atoms. The van der Waals surface area contributed by atoms with Crippen LogP contribution in [0, 0.1) is 11.3 Å². The summed E-state index contributed by atoms with van der Waals surface area (Å²) in [6.07, 6.45) is 4.44. The van der Waals surface area contributed by atoms with Crippen LogP contribution in [-0.4, -0.2) is 14.5 Å². The maximum Gasteiger partial charge on any atom is 0.0992 e. The van der Waals surface area contributed by atoms with Crippen LogP contribution < -0.4 is 0 Å². The van der Waals surface area contributed by atoms with Gasteiger partial charge in [-0.05, 0) is 29.8 Å². The van der Waals surface area contributed by atoms with Crippen LogP contribution in [0.15, 0.2) is 66.4 Å². The minimum atomic E-state index is 0.668. The van der Waals surface area contributed by atoms with Gasteiger partial charge in [-0.1, -0.05) is 35.9 Å². The van der Waals surface area contributed by atoms with Gasteiger partial charge in [0, 0.05) is 40.8 Å². The zero-order valence-electron chi connectivity index (χ0n) is 14.3. The molecule has 0 N–H and O–H groups in total. The molecule has 0 atom stereocenters. The van der Waals surface area contributed by atoms with E-state index < -0.39 is 0 Å². The highest BCUT2D eigenvalue weighted by molar-refractivity contribution is 7.10. The molecule has 0 saturated heterocycles. The first-order valence-corrected chi connectivity index (χ1v) is 9.65. The molecule has 0 unspecified atom stereocenters. The number of nitriles is 1. The van der Waals surface area contributed by atoms with Crippen molar-refractivity contribution >= 4 is 22.9 Å². The Morgan fingerprint density at radius 1 is 1.15 bits per heavy atom. The number of rotatable bonds is 5. The highest BCUT2D eigenvalue weighted by atomic mass is 35.5. The van der Waals surface area contributed by atoms with Crippen LogP contribution in [0.1, 0.15) is 21.8 Å². The Labute approximate surface area is 166 Å². The summed E-state index contributed by atoms with van der Waals surface area (Å²) in [5.41, 5.74) is 4.87. The van der Waals surface area contributed by atoms with E-state index in [-0.39, 0.29) is 0 Å². The van der Waals surface area contributed by atoms with Gasteiger partial charge in [0.15, 0.2) is 0 Å². The minimum absolute atomic E-state index is 0.668. The zero-order chi connectivity index (χ0) is 18.6. The molecule has 2 heterocycles. The number of halogens is 1. The van der Waals surface area contributed by atoms with Crippen molar-refractivity contribution < 1.29 is 0 Å². The second-order valence-corrected chi connectivity index (χ2v) is 7.51. The smallest absolute Gasteiger partial charge is 0.0992 e. The van der Waals surface area contributed by atoms with E-state index in [4.69, 9.17) is 21.8 Å². The largest absolute Gasteiger partial charge is 0.330 e. The Kier molecular flexibility index (Phi) is 5.01. The normalized spacial score (nSPS) is 10.7. The lowest BCUT2D eigenvalue weighted by molar-refractivity contribution is 0.752. The molecule has 0 radical (unpaired) electrons. The van der Waals surface area contributed by atoms with E-state index in [0.29, 0.717) is 17.1 Å². The lowest BCUT2D eigenvalue weighted by Crippen LogP contribution is -2.04. The van der Waals surface area contributed by atoms with Gasteiger partial charge in [0.25, 0.3) is 0 Å². The Morgan fingerprint density at radius 2 is 2.00 bits per heavy atom. The molecule has 4 aromatic rings. The van der Waals surface area contributed by atoms with Crippen molar-refractivity contribution in [3.05, 3.63) is 93.3 Å². The number of hydrogen-bond acceptors (Lipinski definition) is 4. The van der Waals surface area contributed by atoms with E-state index in [1.54, 1.807) is 11.3 Å². The SMILES string of the molecule is N#Cc1ccc(Cn2cncc2Cc2nc(-c3cccc(Cl)c3)cs2)cc1. The van der Waals surface area contributed by atoms with Gasteiger partial charge in [-0.2, -0.15) is 5.26 Å². The Balaban J connectivity index is 1.51. The van der Waals surface area contributed by atoms with E-state index >= 15 is 0 Å². The van der Waals surface area contributed by atoms with Crippen molar-refractivity contribution in [2.45, 2.75) is 13.0 Å². The Morgan fingerprint density at radius 3 is 2.78 bits per heavy atom. The summed E-state index contributed by atoms with van der Waals surface area (Å²) in [6.45, 7) is 0.716. The number of nitrogens with zero attached hydrogens (tertiary/aromatic N) is 4. The zero-order valence-corrected chi connectivity index (χ0v) is 15.9. The molecule has 6 heteroatoms. The second kappa shape index (κ2) is 7.75. The second-order valence-electron chi connectivity index (χ2n) is 6.14. The van der Waals surface area contributed by atoms with Crippen molar-refractivity contribution in [1.82, 2.24) is 14.5 Å². The van der Waals surface area contributed by atoms with Gasteiger partial charge >= 0.3 is 0 Å². The first-order chi connectivity index (χ1) is 13.2. The van der Waals surface area contributed by atoms with Crippen LogP contribution >= 0.6 is 22.9 Å². The average Bonchev–Trinajstić information content (AvgIpc) is 3.33. The molecule has 0 aliphatic rings. The van der Waals surface area contributed by atoms with Crippen molar-refractivity contribution in [3.63, 3.8) is 0 Å². The highest BCUT2D eigenvalue weighted by Crippen LogP contribution is 2.25. The van der Waals surface area contributed by atoms with Crippen molar-refractivity contribution in [2.24, 2.45) is 0 Å². The maximum absolute atomic E-state index is 8.91. The molecule has 0 aliphatic heterocycles. The molecule has 132 valence electrons. The first-order valence-electron chi connectivity index (χ1n) is 8.39. The molecule has 4 nitrogen and oxygen atoms in total. The number of aromatic nitrogens is 3. The summed E-state index contributed by atoms with van der Waals surface area (Å²) >= 11 is 7.72. The summed E-state index contributed by atoms with van der Waals surface area (Å²) in [6, 6.07) is 17.5. The monoisotopic (exact) mass is 390 g/mol. The van der Waals surface area contributed by atoms with E-state index in [2.05, 4.69) is 21.0 Å². The van der Waals surface area contributed by atoms with Gasteiger partial charge in [0.1, 0.15) is 0 Å². The fourth-order valence-corrected chi connectivity index (χ4v) is 3.86. The van der Waals surface area contributed by atoms with Crippen LogP contribution in [0.3, 0.4) is 0 Å². The lowest BCUT2D eigenvalue weighted by Gasteiger charge is -2.07. The Hall–Kier alpha value is -2.94. The summed E-state index contributed by atoms with van der Waals surface area (Å²) in [5, 5.41) is 12.7. The molecular formula is C21H15ClN4S. The van der Waals surface area contributed by atoms with Gasteiger partial charge in [0.05, 0.1) is 28.7 Å². The number of hydrogen-bond donors (Lipinski definition) is 0. The quantitative estimate of drug-likeness (QED) is 0.472. The van der Waals surface area contributed by atoms with Gasteiger partial charge < -0.3 is 4.57 Å². The van der Waals surface area contributed by atoms with Gasteiger partial charge in [0.2, 0.25) is 0 Å². The molecule has 4 rings (SSSR count). The molecule has 27 heavy (non-hydrogen) atoms. The molecule has 2 aromatic heterocycles. The third-order valence-corrected chi connectivity index (χ3v) is 5.32. The number of benzene rings is 2. The van der Waals surface area contributed by atoms with Crippen molar-refractivity contribution in [3.8, 4) is 17.3 Å². The van der Waals surface area contributed by atoms with E-state index in [1.165, 1.54) is 0 Å². The third kappa shape index (κ3) is 4.08. The standard InChI is InChI=1S/C21H15ClN4S/c22-18-3-1-2-17(8-18)20-13-27-21(25-20)9-19-11-24-14-26(19)12-16-6-4-15(10-23)5-7-16/h1-8,11,13-14H,9,12H2. The number of thiazole rings is 1. The van der Waals surface area contributed by atoms with E-state index in [1.807, 2.05) is 61.1 Å². The van der Waals surface area contributed by atoms with Crippen LogP contribution in [0.2, 0.25) is 5.02 Å². The van der Waals surface area contributed by atoms with E-state index in [0.717, 1.165) is 33.9 Å². The van der Waals surface area contributed by atoms with Crippen LogP contribution in [0.4, 0.5) is 0 Å². The van der Waals surface area contributed by atoms with Gasteiger partial charge in [-0.25, -0.2) is 9.97 Å². The molecule has 0 fully saturated rings. The molecule has 0 aliphatic carbocycles. The van der Waals surface area contributed by atoms with Gasteiger partial charge in [-0.3, -0.25) is 0 Å². The molecule has 2 aromatic carbocycles. The summed E-state index contributed by atoms with van der Waals surface area (Å²) < 4.78 is 2.11. The first kappa shape index (κ1) is 17.5. The summed E-state index contributed by atoms with van der Waals surface area (Å²) in [5.74, 6) is 0. The fraction of sp³-hybridized carbons (Fsp3) is 0.0952. The minimum Gasteiger partial charge on any atom is -0.330 e. The van der Waals surface area contributed by atoms with Gasteiger partial charge in [-0.15, -0.1) is 11.3 Å². The topological polar surface area (TPSA) is 54.5 Å². The molecule has 0 saturated carbocycles. The van der Waals surface area contributed by atoms with Crippen molar-refractivity contribution in [1.29, 1.82) is 5.26 Å². The highest BCUT2D eigenvalue weighted by Gasteiger charge is 2.09. The third-order valence-electron chi connectivity index (χ3n) is 4.24. The Bertz CT molecular complexity index is 1110. The van der Waals surface area contributed by atoms with Crippen molar-refractivity contribution in [2.75, 3.05) is 0 Å². The fourth-order valence-electron chi connectivity index (χ4n) is 2.85. The maximum atomic E-state index is 8.91. The van der Waals surface area contributed by atoms with Crippen LogP contribution in [-0.2, 0) is 13.0 Å². The molecule has 0 amide bonds. The van der Waals surface area contributed by atoms with E-state index in [9.17, 15) is 0 Å². The summed E-state index contributed by atoms with van der Waals surface area (Å²) in [4.78, 5) is 9.04. The molecular weight excluding hydrogens is 376 g/mol. The molecule has 0 bridgehead atoms. The predicted octanol–water partition coefficient (Wildman–Crippen LogP) is 5.17. The summed E-state index contributed by atoms with van der Waals surface area (Å²) in [7, 11) is 0. The average molecular weight is 391 g/mol. The predicted molar refractivity (Wildman–Crippen MR) is 108 cm³/mol. The number of imidazole rings is 1.